The number of carbonyl (C=O) groups is 1. The van der Waals surface area contributed by atoms with Crippen molar-refractivity contribution in [3.63, 3.8) is 0 Å². The van der Waals surface area contributed by atoms with Crippen LogP contribution in [0.4, 0.5) is 5.69 Å². The molecule has 19 heavy (non-hydrogen) atoms. The smallest absolute Gasteiger partial charge is 0.221 e. The highest BCUT2D eigenvalue weighted by Crippen LogP contribution is 2.22. The van der Waals surface area contributed by atoms with E-state index in [1.54, 1.807) is 11.8 Å². The highest BCUT2D eigenvalue weighted by atomic mass is 32.2. The van der Waals surface area contributed by atoms with Gasteiger partial charge in [-0.05, 0) is 41.3 Å². The van der Waals surface area contributed by atoms with E-state index in [-0.39, 0.29) is 5.91 Å². The van der Waals surface area contributed by atoms with Gasteiger partial charge < -0.3 is 5.32 Å². The van der Waals surface area contributed by atoms with Crippen LogP contribution in [0.2, 0.25) is 0 Å². The quantitative estimate of drug-likeness (QED) is 0.833. The minimum atomic E-state index is -0.0515. The zero-order valence-electron chi connectivity index (χ0n) is 10.7. The van der Waals surface area contributed by atoms with Crippen molar-refractivity contribution in [2.45, 2.75) is 11.8 Å². The van der Waals surface area contributed by atoms with E-state index in [0.717, 1.165) is 10.6 Å². The van der Waals surface area contributed by atoms with Crippen molar-refractivity contribution in [3.05, 3.63) is 65.6 Å². The molecule has 0 saturated carbocycles. The topological polar surface area (TPSA) is 29.1 Å². The second-order valence-electron chi connectivity index (χ2n) is 4.04. The maximum absolute atomic E-state index is 10.9. The summed E-state index contributed by atoms with van der Waals surface area (Å²) in [7, 11) is 0. The number of nitrogens with one attached hydrogen (secondary N) is 1. The van der Waals surface area contributed by atoms with Gasteiger partial charge in [-0.15, -0.1) is 0 Å². The van der Waals surface area contributed by atoms with Crippen molar-refractivity contribution >= 4 is 29.4 Å². The molecule has 2 rings (SSSR count). The Balaban J connectivity index is 1.93. The van der Waals surface area contributed by atoms with Crippen LogP contribution in [-0.4, -0.2) is 5.91 Å². The van der Waals surface area contributed by atoms with Crippen LogP contribution < -0.4 is 5.32 Å². The molecule has 0 spiro atoms. The second kappa shape index (κ2) is 6.81. The Kier molecular flexibility index (Phi) is 4.81. The third-order valence-electron chi connectivity index (χ3n) is 2.44. The van der Waals surface area contributed by atoms with Crippen molar-refractivity contribution in [1.82, 2.24) is 0 Å². The van der Waals surface area contributed by atoms with Gasteiger partial charge in [0.15, 0.2) is 0 Å². The molecule has 0 radical (unpaired) electrons. The van der Waals surface area contributed by atoms with E-state index >= 15 is 0 Å². The zero-order valence-corrected chi connectivity index (χ0v) is 11.5. The molecule has 1 amide bonds. The van der Waals surface area contributed by atoms with Crippen LogP contribution in [0, 0.1) is 0 Å². The molecule has 0 unspecified atom stereocenters. The largest absolute Gasteiger partial charge is 0.326 e. The lowest BCUT2D eigenvalue weighted by molar-refractivity contribution is -0.114. The Bertz CT molecular complexity index is 561. The summed E-state index contributed by atoms with van der Waals surface area (Å²) in [6.45, 7) is 1.51. The normalized spacial score (nSPS) is 10.6. The minimum absolute atomic E-state index is 0.0515. The van der Waals surface area contributed by atoms with Crippen LogP contribution in [0.25, 0.3) is 6.08 Å². The molecule has 0 saturated heterocycles. The van der Waals surface area contributed by atoms with E-state index < -0.39 is 0 Å². The number of amides is 1. The first-order valence-corrected chi connectivity index (χ1v) is 6.88. The van der Waals surface area contributed by atoms with E-state index in [4.69, 9.17) is 0 Å². The Morgan fingerprint density at radius 1 is 1.05 bits per heavy atom. The molecular weight excluding hydrogens is 254 g/mol. The number of benzene rings is 2. The molecule has 0 fully saturated rings. The predicted molar refractivity (Wildman–Crippen MR) is 82.1 cm³/mol. The molecule has 0 atom stereocenters. The lowest BCUT2D eigenvalue weighted by Gasteiger charge is -2.02. The average Bonchev–Trinajstić information content (AvgIpc) is 2.41. The number of rotatable bonds is 4. The van der Waals surface area contributed by atoms with Crippen molar-refractivity contribution in [3.8, 4) is 0 Å². The molecule has 0 bridgehead atoms. The van der Waals surface area contributed by atoms with Gasteiger partial charge in [0.1, 0.15) is 0 Å². The van der Waals surface area contributed by atoms with Gasteiger partial charge in [0, 0.05) is 17.5 Å². The highest BCUT2D eigenvalue weighted by Gasteiger charge is 1.95. The van der Waals surface area contributed by atoms with Gasteiger partial charge in [0.05, 0.1) is 0 Å². The molecule has 1 N–H and O–H groups in total. The fourth-order valence-electron chi connectivity index (χ4n) is 1.58. The highest BCUT2D eigenvalue weighted by molar-refractivity contribution is 8.02. The van der Waals surface area contributed by atoms with Crippen LogP contribution in [0.3, 0.4) is 0 Å². The molecule has 0 aliphatic heterocycles. The van der Waals surface area contributed by atoms with E-state index in [2.05, 4.69) is 28.9 Å². The molecule has 0 aliphatic carbocycles. The van der Waals surface area contributed by atoms with Gasteiger partial charge in [-0.3, -0.25) is 4.79 Å². The standard InChI is InChI=1S/C16H15NOS/c1-13(18)17-15-7-9-16(10-8-15)19-12-11-14-5-3-2-4-6-14/h2-12H,1H3,(H,17,18)/b12-11+. The molecule has 2 aromatic rings. The Morgan fingerprint density at radius 3 is 2.37 bits per heavy atom. The third kappa shape index (κ3) is 4.64. The van der Waals surface area contributed by atoms with E-state index in [9.17, 15) is 4.79 Å². The van der Waals surface area contributed by atoms with Crippen LogP contribution in [0.15, 0.2) is 64.9 Å². The molecule has 2 nitrogen and oxygen atoms in total. The van der Waals surface area contributed by atoms with Crippen molar-refractivity contribution in [2.75, 3.05) is 5.32 Å². The van der Waals surface area contributed by atoms with Crippen molar-refractivity contribution in [2.24, 2.45) is 0 Å². The maximum Gasteiger partial charge on any atom is 0.221 e. The summed E-state index contributed by atoms with van der Waals surface area (Å²) in [6.07, 6.45) is 2.08. The monoisotopic (exact) mass is 269 g/mol. The Labute approximate surface area is 117 Å². The zero-order chi connectivity index (χ0) is 13.5. The SMILES string of the molecule is CC(=O)Nc1ccc(S/C=C/c2ccccc2)cc1. The first kappa shape index (κ1) is 13.4. The molecule has 96 valence electrons. The number of hydrogen-bond acceptors (Lipinski definition) is 2. The molecule has 0 heterocycles. The summed E-state index contributed by atoms with van der Waals surface area (Å²) in [5, 5.41) is 4.81. The third-order valence-corrected chi connectivity index (χ3v) is 3.26. The van der Waals surface area contributed by atoms with Crippen LogP contribution >= 0.6 is 11.8 Å². The van der Waals surface area contributed by atoms with Crippen molar-refractivity contribution in [1.29, 1.82) is 0 Å². The molecule has 2 aromatic carbocycles. The van der Waals surface area contributed by atoms with Gasteiger partial charge in [0.25, 0.3) is 0 Å². The fourth-order valence-corrected chi connectivity index (χ4v) is 2.25. The number of hydrogen-bond donors (Lipinski definition) is 1. The van der Waals surface area contributed by atoms with E-state index in [0.29, 0.717) is 0 Å². The van der Waals surface area contributed by atoms with E-state index in [1.807, 2.05) is 42.5 Å². The average molecular weight is 269 g/mol. The van der Waals surface area contributed by atoms with Gasteiger partial charge in [0.2, 0.25) is 5.91 Å². The first-order chi connectivity index (χ1) is 9.24. The van der Waals surface area contributed by atoms with Crippen molar-refractivity contribution < 1.29 is 4.79 Å². The van der Waals surface area contributed by atoms with Gasteiger partial charge in [-0.2, -0.15) is 0 Å². The number of anilines is 1. The fraction of sp³-hybridized carbons (Fsp3) is 0.0625. The van der Waals surface area contributed by atoms with Gasteiger partial charge >= 0.3 is 0 Å². The van der Waals surface area contributed by atoms with Crippen LogP contribution in [0.5, 0.6) is 0 Å². The first-order valence-electron chi connectivity index (χ1n) is 6.00. The van der Waals surface area contributed by atoms with Crippen LogP contribution in [0.1, 0.15) is 12.5 Å². The van der Waals surface area contributed by atoms with Gasteiger partial charge in [-0.25, -0.2) is 0 Å². The number of carbonyl (C=O) groups excluding carboxylic acids is 1. The summed E-state index contributed by atoms with van der Waals surface area (Å²) in [5.74, 6) is -0.0515. The lowest BCUT2D eigenvalue weighted by atomic mass is 10.2. The Morgan fingerprint density at radius 2 is 1.74 bits per heavy atom. The summed E-state index contributed by atoms with van der Waals surface area (Å²) >= 11 is 1.65. The summed E-state index contributed by atoms with van der Waals surface area (Å²) in [4.78, 5) is 12.0. The molecule has 3 heteroatoms. The molecular formula is C16H15NOS. The molecule has 0 aromatic heterocycles. The summed E-state index contributed by atoms with van der Waals surface area (Å²) < 4.78 is 0. The lowest BCUT2D eigenvalue weighted by Crippen LogP contribution is -2.05. The Hall–Kier alpha value is -2.00. The van der Waals surface area contributed by atoms with Gasteiger partial charge in [-0.1, -0.05) is 42.1 Å². The predicted octanol–water partition coefficient (Wildman–Crippen LogP) is 4.41. The maximum atomic E-state index is 10.9. The summed E-state index contributed by atoms with van der Waals surface area (Å²) in [5.41, 5.74) is 2.01. The number of thioether (sulfide) groups is 1. The molecule has 0 aliphatic rings. The van der Waals surface area contributed by atoms with Crippen LogP contribution in [-0.2, 0) is 4.79 Å². The van der Waals surface area contributed by atoms with E-state index in [1.165, 1.54) is 12.5 Å². The minimum Gasteiger partial charge on any atom is -0.326 e. The second-order valence-corrected chi connectivity index (χ2v) is 5.02. The summed E-state index contributed by atoms with van der Waals surface area (Å²) in [6, 6.07) is 18.0.